The Bertz CT molecular complexity index is 1280. The van der Waals surface area contributed by atoms with Gasteiger partial charge in [-0.2, -0.15) is 5.26 Å². The lowest BCUT2D eigenvalue weighted by molar-refractivity contribution is -0.119. The number of nitriles is 1. The fourth-order valence-corrected chi connectivity index (χ4v) is 3.30. The maximum absolute atomic E-state index is 12.9. The SMILES string of the molecule is N#CC1(C(=O)Nc2ncc(-c3ccccc3)[nH]c2=O)N=CC(c2ccccc2)=NC1Cl. The van der Waals surface area contributed by atoms with E-state index in [2.05, 4.69) is 25.3 Å². The van der Waals surface area contributed by atoms with Crippen LogP contribution in [0.25, 0.3) is 11.3 Å². The second kappa shape index (κ2) is 8.34. The lowest BCUT2D eigenvalue weighted by atomic mass is 9.98. The predicted octanol–water partition coefficient (Wildman–Crippen LogP) is 2.78. The summed E-state index contributed by atoms with van der Waals surface area (Å²) in [6, 6.07) is 20.1. The maximum atomic E-state index is 12.9. The molecule has 0 saturated carbocycles. The Kier molecular flexibility index (Phi) is 5.43. The molecule has 152 valence electrons. The van der Waals surface area contributed by atoms with E-state index in [4.69, 9.17) is 11.6 Å². The lowest BCUT2D eigenvalue weighted by Gasteiger charge is -2.26. The van der Waals surface area contributed by atoms with Crippen LogP contribution in [-0.4, -0.2) is 38.8 Å². The summed E-state index contributed by atoms with van der Waals surface area (Å²) in [5.41, 5.74) is -1.50. The molecule has 1 aliphatic heterocycles. The third-order valence-corrected chi connectivity index (χ3v) is 5.09. The normalized spacial score (nSPS) is 19.9. The number of halogens is 1. The van der Waals surface area contributed by atoms with Crippen LogP contribution in [0.15, 0.2) is 81.6 Å². The summed E-state index contributed by atoms with van der Waals surface area (Å²) in [5.74, 6) is -1.16. The number of aliphatic imine (C=N–C) groups is 2. The summed E-state index contributed by atoms with van der Waals surface area (Å²) in [6.07, 6.45) is 2.74. The number of carbonyl (C=O) groups excluding carboxylic acids is 1. The number of rotatable bonds is 4. The molecule has 1 aliphatic rings. The molecule has 0 saturated heterocycles. The van der Waals surface area contributed by atoms with Crippen molar-refractivity contribution in [3.8, 4) is 17.3 Å². The van der Waals surface area contributed by atoms with Gasteiger partial charge >= 0.3 is 0 Å². The standard InChI is InChI=1S/C22H15ClN6O2/c23-20-22(13-24,26-12-17(28-20)15-9-5-2-6-10-15)21(31)29-18-19(30)27-16(11-25-18)14-7-3-1-4-8-14/h1-12,20H,(H,27,30)(H,25,29,31). The number of anilines is 1. The van der Waals surface area contributed by atoms with Crippen LogP contribution >= 0.6 is 11.6 Å². The monoisotopic (exact) mass is 430 g/mol. The lowest BCUT2D eigenvalue weighted by Crippen LogP contribution is -2.50. The molecule has 8 nitrogen and oxygen atoms in total. The quantitative estimate of drug-likeness (QED) is 0.487. The number of alkyl halides is 1. The van der Waals surface area contributed by atoms with E-state index in [0.717, 1.165) is 11.1 Å². The molecule has 2 heterocycles. The highest BCUT2D eigenvalue weighted by atomic mass is 35.5. The van der Waals surface area contributed by atoms with Crippen molar-refractivity contribution in [2.75, 3.05) is 5.32 Å². The molecule has 0 bridgehead atoms. The number of amides is 1. The molecule has 0 fully saturated rings. The first-order valence-electron chi connectivity index (χ1n) is 9.23. The van der Waals surface area contributed by atoms with Crippen LogP contribution in [0.4, 0.5) is 5.82 Å². The number of carbonyl (C=O) groups is 1. The number of aromatic nitrogens is 2. The first-order valence-corrected chi connectivity index (χ1v) is 9.67. The van der Waals surface area contributed by atoms with Gasteiger partial charge in [0.2, 0.25) is 0 Å². The van der Waals surface area contributed by atoms with Crippen molar-refractivity contribution in [1.82, 2.24) is 9.97 Å². The van der Waals surface area contributed by atoms with E-state index in [9.17, 15) is 14.9 Å². The average Bonchev–Trinajstić information content (AvgIpc) is 2.81. The zero-order valence-corrected chi connectivity index (χ0v) is 16.7. The Morgan fingerprint density at radius 3 is 2.32 bits per heavy atom. The smallest absolute Gasteiger partial charge is 0.291 e. The van der Waals surface area contributed by atoms with Gasteiger partial charge in [-0.3, -0.25) is 19.6 Å². The fraction of sp³-hybridized carbons (Fsp3) is 0.0909. The molecule has 2 unspecified atom stereocenters. The largest absolute Gasteiger partial charge is 0.317 e. The summed E-state index contributed by atoms with van der Waals surface area (Å²) in [7, 11) is 0. The van der Waals surface area contributed by atoms with Crippen LogP contribution in [0, 0.1) is 11.3 Å². The molecule has 2 atom stereocenters. The van der Waals surface area contributed by atoms with Crippen molar-refractivity contribution < 1.29 is 4.79 Å². The molecule has 3 aromatic rings. The van der Waals surface area contributed by atoms with Crippen molar-refractivity contribution in [3.63, 3.8) is 0 Å². The zero-order valence-electron chi connectivity index (χ0n) is 16.0. The number of hydrogen-bond donors (Lipinski definition) is 2. The van der Waals surface area contributed by atoms with Crippen LogP contribution in [0.1, 0.15) is 5.56 Å². The van der Waals surface area contributed by atoms with E-state index in [1.807, 2.05) is 66.7 Å². The van der Waals surface area contributed by atoms with Gasteiger partial charge in [-0.05, 0) is 5.56 Å². The number of hydrogen-bond acceptors (Lipinski definition) is 6. The van der Waals surface area contributed by atoms with Crippen LogP contribution in [0.5, 0.6) is 0 Å². The number of nitrogens with zero attached hydrogens (tertiary/aromatic N) is 4. The van der Waals surface area contributed by atoms with Gasteiger partial charge in [-0.15, -0.1) is 0 Å². The molecule has 9 heteroatoms. The van der Waals surface area contributed by atoms with Crippen LogP contribution in [0.3, 0.4) is 0 Å². The minimum atomic E-state index is -2.04. The number of H-pyrrole nitrogens is 1. The third-order valence-electron chi connectivity index (χ3n) is 4.68. The Morgan fingerprint density at radius 1 is 1.10 bits per heavy atom. The summed E-state index contributed by atoms with van der Waals surface area (Å²) in [4.78, 5) is 40.4. The Hall–Kier alpha value is -4.09. The van der Waals surface area contributed by atoms with Gasteiger partial charge in [0.1, 0.15) is 6.07 Å². The third kappa shape index (κ3) is 3.86. The summed E-state index contributed by atoms with van der Waals surface area (Å²) >= 11 is 6.30. The van der Waals surface area contributed by atoms with Gasteiger partial charge in [-0.1, -0.05) is 72.3 Å². The highest BCUT2D eigenvalue weighted by molar-refractivity contribution is 6.41. The van der Waals surface area contributed by atoms with Gasteiger partial charge in [0, 0.05) is 11.8 Å². The second-order valence-electron chi connectivity index (χ2n) is 6.65. The molecule has 0 aliphatic carbocycles. The van der Waals surface area contributed by atoms with Gasteiger partial charge in [0.15, 0.2) is 11.3 Å². The Labute approximate surface area is 182 Å². The van der Waals surface area contributed by atoms with Crippen LogP contribution in [0.2, 0.25) is 0 Å². The summed E-state index contributed by atoms with van der Waals surface area (Å²) in [6.45, 7) is 0. The number of benzene rings is 2. The molecule has 2 N–H and O–H groups in total. The molecule has 1 aromatic heterocycles. The van der Waals surface area contributed by atoms with E-state index in [1.54, 1.807) is 0 Å². The average molecular weight is 431 g/mol. The Morgan fingerprint density at radius 2 is 1.74 bits per heavy atom. The van der Waals surface area contributed by atoms with Gasteiger partial charge < -0.3 is 10.3 Å². The van der Waals surface area contributed by atoms with Crippen LogP contribution < -0.4 is 10.9 Å². The fourth-order valence-electron chi connectivity index (χ4n) is 2.99. The van der Waals surface area contributed by atoms with E-state index < -0.39 is 22.5 Å². The highest BCUT2D eigenvalue weighted by Crippen LogP contribution is 2.27. The van der Waals surface area contributed by atoms with E-state index in [-0.39, 0.29) is 5.82 Å². The van der Waals surface area contributed by atoms with Crippen molar-refractivity contribution >= 4 is 35.3 Å². The summed E-state index contributed by atoms with van der Waals surface area (Å²) < 4.78 is 0. The molecule has 31 heavy (non-hydrogen) atoms. The van der Waals surface area contributed by atoms with E-state index >= 15 is 0 Å². The number of nitrogens with one attached hydrogen (secondary N) is 2. The Balaban J connectivity index is 1.58. The van der Waals surface area contributed by atoms with Gasteiger partial charge in [0.05, 0.1) is 17.6 Å². The van der Waals surface area contributed by atoms with Crippen LogP contribution in [-0.2, 0) is 4.79 Å². The van der Waals surface area contributed by atoms with Crippen molar-refractivity contribution in [3.05, 3.63) is 82.8 Å². The first-order chi connectivity index (χ1) is 15.0. The summed E-state index contributed by atoms with van der Waals surface area (Å²) in [5, 5.41) is 12.0. The van der Waals surface area contributed by atoms with Crippen molar-refractivity contribution in [1.29, 1.82) is 5.26 Å². The van der Waals surface area contributed by atoms with E-state index in [0.29, 0.717) is 11.4 Å². The molecular formula is C22H15ClN6O2. The first kappa shape index (κ1) is 20.2. The van der Waals surface area contributed by atoms with Crippen molar-refractivity contribution in [2.45, 2.75) is 11.0 Å². The van der Waals surface area contributed by atoms with Gasteiger partial charge in [-0.25, -0.2) is 4.98 Å². The van der Waals surface area contributed by atoms with E-state index in [1.165, 1.54) is 12.4 Å². The molecular weight excluding hydrogens is 416 g/mol. The second-order valence-corrected chi connectivity index (χ2v) is 7.06. The van der Waals surface area contributed by atoms with Gasteiger partial charge in [0.25, 0.3) is 17.0 Å². The zero-order chi connectivity index (χ0) is 21.8. The van der Waals surface area contributed by atoms with Crippen molar-refractivity contribution in [2.24, 2.45) is 9.98 Å². The molecule has 4 rings (SSSR count). The molecule has 1 amide bonds. The number of aromatic amines is 1. The minimum absolute atomic E-state index is 0.267. The molecule has 2 aromatic carbocycles. The topological polar surface area (TPSA) is 123 Å². The molecule has 0 radical (unpaired) electrons. The maximum Gasteiger partial charge on any atom is 0.291 e. The predicted molar refractivity (Wildman–Crippen MR) is 118 cm³/mol. The molecule has 0 spiro atoms. The highest BCUT2D eigenvalue weighted by Gasteiger charge is 2.48. The minimum Gasteiger partial charge on any atom is -0.317 e.